The van der Waals surface area contributed by atoms with Gasteiger partial charge < -0.3 is 14.6 Å². The van der Waals surface area contributed by atoms with Crippen molar-refractivity contribution in [3.05, 3.63) is 23.8 Å². The lowest BCUT2D eigenvalue weighted by molar-refractivity contribution is -0.203. The first-order valence-electron chi connectivity index (χ1n) is 13.0. The summed E-state index contributed by atoms with van der Waals surface area (Å²) >= 11 is 7.48. The van der Waals surface area contributed by atoms with Crippen molar-refractivity contribution in [1.29, 1.82) is 0 Å². The molecule has 0 bridgehead atoms. The standard InChI is InChI=1S/C28H37ClO7/c1-6-23(33)35-15-22(32)28(36-24(34)7-2)16(3)12-20-19-9-8-17-13-18(30)10-11-25(17,4)27(19,29)21(31)14-26(20,28)5/h10-11,13,16,19-21,31H,6-9,12,14-15H2,1-5H3/t16-,19+,20+,21+,25+,26+,27+,28+/m1/s1. The van der Waals surface area contributed by atoms with Crippen LogP contribution < -0.4 is 0 Å². The lowest BCUT2D eigenvalue weighted by Crippen LogP contribution is -2.69. The molecule has 4 aliphatic rings. The third kappa shape index (κ3) is 3.48. The maximum absolute atomic E-state index is 13.9. The Hall–Kier alpha value is -1.99. The molecule has 198 valence electrons. The summed E-state index contributed by atoms with van der Waals surface area (Å²) in [5, 5.41) is 11.8. The molecular formula is C28H37ClO7. The number of ether oxygens (including phenoxy) is 2. The number of carbonyl (C=O) groups is 4. The van der Waals surface area contributed by atoms with Gasteiger partial charge in [-0.25, -0.2) is 0 Å². The van der Waals surface area contributed by atoms with Gasteiger partial charge in [0.2, 0.25) is 5.78 Å². The van der Waals surface area contributed by atoms with Gasteiger partial charge in [-0.15, -0.1) is 11.6 Å². The number of esters is 2. The highest BCUT2D eigenvalue weighted by molar-refractivity contribution is 6.26. The average Bonchev–Trinajstić information content (AvgIpc) is 3.05. The molecule has 0 heterocycles. The number of fused-ring (bicyclic) bond motifs is 5. The largest absolute Gasteiger partial charge is 0.457 e. The minimum atomic E-state index is -1.55. The molecule has 0 saturated heterocycles. The van der Waals surface area contributed by atoms with Crippen LogP contribution in [-0.4, -0.2) is 51.8 Å². The Morgan fingerprint density at radius 2 is 1.81 bits per heavy atom. The van der Waals surface area contributed by atoms with Crippen molar-refractivity contribution in [2.24, 2.45) is 28.6 Å². The Balaban J connectivity index is 1.80. The van der Waals surface area contributed by atoms with E-state index in [0.29, 0.717) is 19.3 Å². The minimum absolute atomic E-state index is 0.0801. The zero-order valence-corrected chi connectivity index (χ0v) is 22.5. The number of carbonyl (C=O) groups excluding carboxylic acids is 4. The van der Waals surface area contributed by atoms with Gasteiger partial charge in [0.05, 0.1) is 11.0 Å². The fraction of sp³-hybridized carbons (Fsp3) is 0.714. The van der Waals surface area contributed by atoms with E-state index in [1.165, 1.54) is 6.08 Å². The number of aliphatic hydroxyl groups is 1. The molecule has 0 aromatic heterocycles. The van der Waals surface area contributed by atoms with Crippen molar-refractivity contribution in [2.45, 2.75) is 89.7 Å². The molecule has 3 saturated carbocycles. The Morgan fingerprint density at radius 1 is 1.14 bits per heavy atom. The molecule has 4 rings (SSSR count). The maximum atomic E-state index is 13.9. The first-order chi connectivity index (χ1) is 16.8. The second kappa shape index (κ2) is 9.09. The van der Waals surface area contributed by atoms with E-state index in [9.17, 15) is 24.3 Å². The summed E-state index contributed by atoms with van der Waals surface area (Å²) in [6.07, 6.45) is 6.18. The van der Waals surface area contributed by atoms with Crippen molar-refractivity contribution in [3.63, 3.8) is 0 Å². The second-order valence-electron chi connectivity index (χ2n) is 11.4. The number of hydrogen-bond acceptors (Lipinski definition) is 7. The van der Waals surface area contributed by atoms with Gasteiger partial charge >= 0.3 is 11.9 Å². The lowest BCUT2D eigenvalue weighted by atomic mass is 9.45. The Labute approximate surface area is 217 Å². The van der Waals surface area contributed by atoms with Crippen LogP contribution in [0.2, 0.25) is 0 Å². The van der Waals surface area contributed by atoms with E-state index >= 15 is 0 Å². The summed E-state index contributed by atoms with van der Waals surface area (Å²) < 4.78 is 11.3. The molecule has 7 nitrogen and oxygen atoms in total. The van der Waals surface area contributed by atoms with Crippen LogP contribution in [0.15, 0.2) is 23.8 Å². The zero-order chi connectivity index (χ0) is 26.7. The Kier molecular flexibility index (Phi) is 6.83. The quantitative estimate of drug-likeness (QED) is 0.415. The van der Waals surface area contributed by atoms with Gasteiger partial charge in [-0.1, -0.05) is 46.3 Å². The molecule has 0 radical (unpaired) electrons. The van der Waals surface area contributed by atoms with Gasteiger partial charge in [0.15, 0.2) is 18.0 Å². The number of rotatable bonds is 6. The van der Waals surface area contributed by atoms with Gasteiger partial charge in [0.25, 0.3) is 0 Å². The van der Waals surface area contributed by atoms with Crippen LogP contribution in [0.3, 0.4) is 0 Å². The van der Waals surface area contributed by atoms with Crippen LogP contribution in [0.1, 0.15) is 73.1 Å². The monoisotopic (exact) mass is 520 g/mol. The molecule has 8 heteroatoms. The van der Waals surface area contributed by atoms with Crippen molar-refractivity contribution in [3.8, 4) is 0 Å². The van der Waals surface area contributed by atoms with E-state index in [1.807, 2.05) is 26.8 Å². The number of hydrogen-bond donors (Lipinski definition) is 1. The highest BCUT2D eigenvalue weighted by Crippen LogP contribution is 2.72. The average molecular weight is 521 g/mol. The SMILES string of the molecule is CCC(=O)OCC(=O)[C@@]1(OC(=O)CC)[C@H](C)C[C@H]2[C@@H]3CCC4=CC(=O)C=C[C@]4(C)[C@@]3(Cl)[C@@H](O)C[C@@]21C. The fourth-order valence-corrected chi connectivity index (χ4v) is 8.53. The Bertz CT molecular complexity index is 1050. The van der Waals surface area contributed by atoms with Crippen molar-refractivity contribution < 1.29 is 33.8 Å². The van der Waals surface area contributed by atoms with Gasteiger partial charge in [-0.3, -0.25) is 19.2 Å². The van der Waals surface area contributed by atoms with E-state index in [4.69, 9.17) is 21.1 Å². The van der Waals surface area contributed by atoms with Gasteiger partial charge in [-0.2, -0.15) is 0 Å². The molecular weight excluding hydrogens is 484 g/mol. The third-order valence-electron chi connectivity index (χ3n) is 9.81. The number of allylic oxidation sites excluding steroid dienone is 4. The topological polar surface area (TPSA) is 107 Å². The summed E-state index contributed by atoms with van der Waals surface area (Å²) in [7, 11) is 0. The highest BCUT2D eigenvalue weighted by atomic mass is 35.5. The summed E-state index contributed by atoms with van der Waals surface area (Å²) in [6, 6.07) is 0. The first kappa shape index (κ1) is 27.1. The van der Waals surface area contributed by atoms with E-state index in [-0.39, 0.29) is 42.8 Å². The molecule has 3 fully saturated rings. The number of Topliss-reactive ketones (excluding diaryl/α,β-unsaturated/α-hetero) is 1. The second-order valence-corrected chi connectivity index (χ2v) is 12.0. The minimum Gasteiger partial charge on any atom is -0.457 e. The van der Waals surface area contributed by atoms with E-state index < -0.39 is 51.7 Å². The van der Waals surface area contributed by atoms with Crippen LogP contribution in [0.25, 0.3) is 0 Å². The summed E-state index contributed by atoms with van der Waals surface area (Å²) in [6.45, 7) is 8.61. The highest BCUT2D eigenvalue weighted by Gasteiger charge is 2.76. The van der Waals surface area contributed by atoms with Crippen LogP contribution >= 0.6 is 11.6 Å². The summed E-state index contributed by atoms with van der Waals surface area (Å²) in [5.74, 6) is -2.24. The molecule has 0 spiro atoms. The summed E-state index contributed by atoms with van der Waals surface area (Å²) in [4.78, 5) is 49.5. The van der Waals surface area contributed by atoms with Crippen molar-refractivity contribution in [2.75, 3.05) is 6.61 Å². The molecule has 1 N–H and O–H groups in total. The van der Waals surface area contributed by atoms with E-state index in [2.05, 4.69) is 0 Å². The fourth-order valence-electron chi connectivity index (χ4n) is 8.01. The normalized spacial score (nSPS) is 43.1. The van der Waals surface area contributed by atoms with Gasteiger partial charge in [0.1, 0.15) is 0 Å². The molecule has 0 aromatic rings. The molecule has 0 aromatic carbocycles. The first-order valence-corrected chi connectivity index (χ1v) is 13.4. The number of aliphatic hydroxyl groups excluding tert-OH is 1. The zero-order valence-electron chi connectivity index (χ0n) is 21.8. The number of halogens is 1. The molecule has 36 heavy (non-hydrogen) atoms. The van der Waals surface area contributed by atoms with Crippen LogP contribution in [0.4, 0.5) is 0 Å². The van der Waals surface area contributed by atoms with E-state index in [1.54, 1.807) is 19.9 Å². The smallest absolute Gasteiger partial charge is 0.306 e. The predicted octanol–water partition coefficient (Wildman–Crippen LogP) is 4.09. The number of alkyl halides is 1. The Morgan fingerprint density at radius 3 is 2.44 bits per heavy atom. The van der Waals surface area contributed by atoms with Crippen LogP contribution in [0.5, 0.6) is 0 Å². The molecule has 0 unspecified atom stereocenters. The maximum Gasteiger partial charge on any atom is 0.306 e. The number of ketones is 2. The molecule has 4 aliphatic carbocycles. The van der Waals surface area contributed by atoms with Crippen LogP contribution in [-0.2, 0) is 28.7 Å². The van der Waals surface area contributed by atoms with Crippen molar-refractivity contribution >= 4 is 35.1 Å². The molecule has 0 amide bonds. The third-order valence-corrected chi connectivity index (χ3v) is 10.7. The van der Waals surface area contributed by atoms with Gasteiger partial charge in [0, 0.05) is 29.6 Å². The molecule has 8 atom stereocenters. The van der Waals surface area contributed by atoms with Gasteiger partial charge in [-0.05, 0) is 49.7 Å². The predicted molar refractivity (Wildman–Crippen MR) is 133 cm³/mol. The van der Waals surface area contributed by atoms with Crippen LogP contribution in [0, 0.1) is 28.6 Å². The lowest BCUT2D eigenvalue weighted by Gasteiger charge is -2.64. The van der Waals surface area contributed by atoms with Crippen molar-refractivity contribution in [1.82, 2.24) is 0 Å². The van der Waals surface area contributed by atoms with E-state index in [0.717, 1.165) is 5.57 Å². The summed E-state index contributed by atoms with van der Waals surface area (Å²) in [5.41, 5.74) is -2.27. The molecule has 0 aliphatic heterocycles.